The first-order chi connectivity index (χ1) is 13.9. The van der Waals surface area contributed by atoms with Crippen molar-refractivity contribution in [2.75, 3.05) is 32.6 Å². The Hall–Kier alpha value is -3.13. The van der Waals surface area contributed by atoms with Gasteiger partial charge in [-0.1, -0.05) is 12.1 Å². The SMILES string of the molecule is CN(C)CCn1c(=O)oc2ccc(NC(=O)C3CCOc4c(F)cccc43)cc21. The van der Waals surface area contributed by atoms with Gasteiger partial charge in [-0.25, -0.2) is 9.18 Å². The van der Waals surface area contributed by atoms with Crippen molar-refractivity contribution < 1.29 is 18.3 Å². The van der Waals surface area contributed by atoms with Crippen molar-refractivity contribution in [3.63, 3.8) is 0 Å². The number of oxazole rings is 1. The average Bonchev–Trinajstić information content (AvgIpc) is 3.00. The zero-order valence-electron chi connectivity index (χ0n) is 16.3. The van der Waals surface area contributed by atoms with Crippen molar-refractivity contribution >= 4 is 22.7 Å². The maximum atomic E-state index is 14.0. The van der Waals surface area contributed by atoms with Gasteiger partial charge in [-0.15, -0.1) is 0 Å². The van der Waals surface area contributed by atoms with Crippen LogP contribution in [0, 0.1) is 5.82 Å². The van der Waals surface area contributed by atoms with E-state index < -0.39 is 17.5 Å². The monoisotopic (exact) mass is 399 g/mol. The zero-order chi connectivity index (χ0) is 20.5. The fourth-order valence-corrected chi connectivity index (χ4v) is 3.54. The number of nitrogens with zero attached hydrogens (tertiary/aromatic N) is 2. The number of ether oxygens (including phenoxy) is 1. The maximum absolute atomic E-state index is 14.0. The summed E-state index contributed by atoms with van der Waals surface area (Å²) in [5.74, 6) is -1.51. The van der Waals surface area contributed by atoms with Gasteiger partial charge in [0.1, 0.15) is 0 Å². The van der Waals surface area contributed by atoms with E-state index in [1.165, 1.54) is 6.07 Å². The molecule has 4 rings (SSSR count). The number of rotatable bonds is 5. The number of likely N-dealkylation sites (N-methyl/N-ethyl adjacent to an activating group) is 1. The number of halogens is 1. The Morgan fingerprint density at radius 1 is 1.31 bits per heavy atom. The number of anilines is 1. The standard InChI is InChI=1S/C21H22FN3O4/c1-24(2)9-10-25-17-12-13(6-7-18(17)29-21(25)27)23-20(26)15-8-11-28-19-14(15)4-3-5-16(19)22/h3-7,12,15H,8-11H2,1-2H3,(H,23,26). The van der Waals surface area contributed by atoms with E-state index >= 15 is 0 Å². The quantitative estimate of drug-likeness (QED) is 0.714. The molecule has 0 saturated carbocycles. The van der Waals surface area contributed by atoms with Crippen LogP contribution in [0.4, 0.5) is 10.1 Å². The number of para-hydroxylation sites is 1. The summed E-state index contributed by atoms with van der Waals surface area (Å²) >= 11 is 0. The van der Waals surface area contributed by atoms with E-state index in [0.717, 1.165) is 0 Å². The molecule has 7 nitrogen and oxygen atoms in total. The summed E-state index contributed by atoms with van der Waals surface area (Å²) in [6, 6.07) is 9.67. The Balaban J connectivity index is 1.60. The number of carbonyl (C=O) groups excluding carboxylic acids is 1. The Morgan fingerprint density at radius 3 is 2.93 bits per heavy atom. The molecular formula is C21H22FN3O4. The number of benzene rings is 2. The van der Waals surface area contributed by atoms with E-state index in [9.17, 15) is 14.0 Å². The van der Waals surface area contributed by atoms with Crippen molar-refractivity contribution in [2.24, 2.45) is 0 Å². The van der Waals surface area contributed by atoms with E-state index in [-0.39, 0.29) is 18.3 Å². The molecule has 0 spiro atoms. The van der Waals surface area contributed by atoms with Crippen LogP contribution in [-0.2, 0) is 11.3 Å². The smallest absolute Gasteiger partial charge is 0.419 e. The van der Waals surface area contributed by atoms with Crippen LogP contribution in [0.1, 0.15) is 17.9 Å². The highest BCUT2D eigenvalue weighted by atomic mass is 19.1. The fourth-order valence-electron chi connectivity index (χ4n) is 3.54. The van der Waals surface area contributed by atoms with Crippen LogP contribution in [0.25, 0.3) is 11.1 Å². The molecule has 8 heteroatoms. The maximum Gasteiger partial charge on any atom is 0.419 e. The van der Waals surface area contributed by atoms with Crippen LogP contribution < -0.4 is 15.8 Å². The van der Waals surface area contributed by atoms with Crippen molar-refractivity contribution in [2.45, 2.75) is 18.9 Å². The second kappa shape index (κ2) is 7.71. The number of amides is 1. The summed E-state index contributed by atoms with van der Waals surface area (Å²) in [5, 5.41) is 2.88. The molecule has 152 valence electrons. The summed E-state index contributed by atoms with van der Waals surface area (Å²) in [4.78, 5) is 27.0. The van der Waals surface area contributed by atoms with Gasteiger partial charge in [0.05, 0.1) is 18.0 Å². The average molecular weight is 399 g/mol. The minimum absolute atomic E-state index is 0.140. The second-order valence-electron chi connectivity index (χ2n) is 7.34. The number of carbonyl (C=O) groups is 1. The van der Waals surface area contributed by atoms with Crippen LogP contribution in [0.15, 0.2) is 45.6 Å². The second-order valence-corrected chi connectivity index (χ2v) is 7.34. The molecule has 1 aliphatic rings. The third kappa shape index (κ3) is 3.75. The van der Waals surface area contributed by atoms with Crippen molar-refractivity contribution in [3.8, 4) is 5.75 Å². The Morgan fingerprint density at radius 2 is 2.14 bits per heavy atom. The third-order valence-electron chi connectivity index (χ3n) is 5.05. The molecule has 0 aliphatic carbocycles. The van der Waals surface area contributed by atoms with Crippen LogP contribution in [-0.4, -0.2) is 42.6 Å². The number of hydrogen-bond acceptors (Lipinski definition) is 5. The van der Waals surface area contributed by atoms with Gasteiger partial charge in [-0.2, -0.15) is 0 Å². The lowest BCUT2D eigenvalue weighted by Gasteiger charge is -2.25. The lowest BCUT2D eigenvalue weighted by Crippen LogP contribution is -2.27. The fraction of sp³-hybridized carbons (Fsp3) is 0.333. The predicted molar refractivity (Wildman–Crippen MR) is 107 cm³/mol. The highest BCUT2D eigenvalue weighted by Crippen LogP contribution is 2.36. The van der Waals surface area contributed by atoms with Crippen molar-refractivity contribution in [1.82, 2.24) is 9.47 Å². The van der Waals surface area contributed by atoms with E-state index in [2.05, 4.69) is 5.32 Å². The van der Waals surface area contributed by atoms with Crippen LogP contribution in [0.5, 0.6) is 5.75 Å². The summed E-state index contributed by atoms with van der Waals surface area (Å²) in [6.45, 7) is 1.43. The summed E-state index contributed by atoms with van der Waals surface area (Å²) in [5.41, 5.74) is 2.17. The number of aromatic nitrogens is 1. The zero-order valence-corrected chi connectivity index (χ0v) is 16.3. The molecule has 1 aromatic heterocycles. The van der Waals surface area contributed by atoms with Gasteiger partial charge in [-0.3, -0.25) is 9.36 Å². The molecule has 0 saturated heterocycles. The first-order valence-corrected chi connectivity index (χ1v) is 9.44. The van der Waals surface area contributed by atoms with Gasteiger partial charge in [0.2, 0.25) is 5.91 Å². The molecule has 0 radical (unpaired) electrons. The number of fused-ring (bicyclic) bond motifs is 2. The van der Waals surface area contributed by atoms with E-state index in [0.29, 0.717) is 41.9 Å². The molecule has 1 N–H and O–H groups in total. The molecule has 3 aromatic rings. The Bertz CT molecular complexity index is 1120. The highest BCUT2D eigenvalue weighted by Gasteiger charge is 2.29. The van der Waals surface area contributed by atoms with E-state index in [1.54, 1.807) is 34.9 Å². The van der Waals surface area contributed by atoms with E-state index in [4.69, 9.17) is 9.15 Å². The minimum Gasteiger partial charge on any atom is -0.490 e. The molecule has 1 aliphatic heterocycles. The molecule has 0 fully saturated rings. The first kappa shape index (κ1) is 19.2. The van der Waals surface area contributed by atoms with Gasteiger partial charge in [-0.05, 0) is 44.8 Å². The van der Waals surface area contributed by atoms with Crippen LogP contribution >= 0.6 is 0 Å². The molecule has 2 heterocycles. The molecule has 0 bridgehead atoms. The van der Waals surface area contributed by atoms with Gasteiger partial charge in [0.15, 0.2) is 17.1 Å². The number of hydrogen-bond donors (Lipinski definition) is 1. The summed E-state index contributed by atoms with van der Waals surface area (Å²) in [7, 11) is 3.85. The third-order valence-corrected chi connectivity index (χ3v) is 5.05. The van der Waals surface area contributed by atoms with Gasteiger partial charge in [0.25, 0.3) is 0 Å². The molecule has 1 atom stereocenters. The summed E-state index contributed by atoms with van der Waals surface area (Å²) < 4.78 is 26.2. The molecule has 2 aromatic carbocycles. The largest absolute Gasteiger partial charge is 0.490 e. The molecule has 1 amide bonds. The van der Waals surface area contributed by atoms with Gasteiger partial charge >= 0.3 is 5.76 Å². The lowest BCUT2D eigenvalue weighted by atomic mass is 9.92. The highest BCUT2D eigenvalue weighted by molar-refractivity contribution is 5.97. The van der Waals surface area contributed by atoms with Crippen LogP contribution in [0.2, 0.25) is 0 Å². The minimum atomic E-state index is -0.509. The Kier molecular flexibility index (Phi) is 5.10. The van der Waals surface area contributed by atoms with Crippen LogP contribution in [0.3, 0.4) is 0 Å². The topological polar surface area (TPSA) is 76.7 Å². The molecular weight excluding hydrogens is 377 g/mol. The number of nitrogens with one attached hydrogen (secondary N) is 1. The van der Waals surface area contributed by atoms with Crippen molar-refractivity contribution in [1.29, 1.82) is 0 Å². The van der Waals surface area contributed by atoms with Gasteiger partial charge in [0, 0.05) is 24.3 Å². The van der Waals surface area contributed by atoms with Gasteiger partial charge < -0.3 is 19.4 Å². The lowest BCUT2D eigenvalue weighted by molar-refractivity contribution is -0.118. The summed E-state index contributed by atoms with van der Waals surface area (Å²) in [6.07, 6.45) is 0.462. The molecule has 29 heavy (non-hydrogen) atoms. The first-order valence-electron chi connectivity index (χ1n) is 9.44. The molecule has 1 unspecified atom stereocenters. The Labute approximate surface area is 166 Å². The normalized spacial score (nSPS) is 15.9. The van der Waals surface area contributed by atoms with Crippen molar-refractivity contribution in [3.05, 3.63) is 58.3 Å². The van der Waals surface area contributed by atoms with E-state index in [1.807, 2.05) is 19.0 Å². The predicted octanol–water partition coefficient (Wildman–Crippen LogP) is 2.80.